The highest BCUT2D eigenvalue weighted by molar-refractivity contribution is 5.72. The topological polar surface area (TPSA) is 61.5 Å². The second-order valence-electron chi connectivity index (χ2n) is 5.29. The number of fused-ring (bicyclic) bond motifs is 1. The monoisotopic (exact) mass is 263 g/mol. The van der Waals surface area contributed by atoms with Gasteiger partial charge in [-0.3, -0.25) is 4.79 Å². The molecular weight excluding hydrogens is 242 g/mol. The largest absolute Gasteiger partial charge is 0.493 e. The Kier molecular flexibility index (Phi) is 3.80. The predicted molar refractivity (Wildman–Crippen MR) is 73.1 cm³/mol. The fraction of sp³-hybridized carbons (Fsp3) is 0.533. The van der Waals surface area contributed by atoms with E-state index in [0.717, 1.165) is 11.3 Å². The summed E-state index contributed by atoms with van der Waals surface area (Å²) >= 11 is 0. The molecule has 1 aliphatic heterocycles. The number of benzene rings is 1. The summed E-state index contributed by atoms with van der Waals surface area (Å²) in [4.78, 5) is 11.8. The number of carbonyl (C=O) groups excluding carboxylic acids is 1. The molecule has 3 unspecified atom stereocenters. The van der Waals surface area contributed by atoms with E-state index >= 15 is 0 Å². The van der Waals surface area contributed by atoms with Crippen molar-refractivity contribution >= 4 is 5.97 Å². The Hall–Kier alpha value is -1.55. The van der Waals surface area contributed by atoms with E-state index in [2.05, 4.69) is 6.92 Å². The number of hydrogen-bond acceptors (Lipinski definition) is 4. The molecule has 4 nitrogen and oxygen atoms in total. The minimum Gasteiger partial charge on any atom is -0.493 e. The van der Waals surface area contributed by atoms with Crippen LogP contribution in [0.1, 0.15) is 25.8 Å². The molecule has 4 heteroatoms. The van der Waals surface area contributed by atoms with Gasteiger partial charge in [0.1, 0.15) is 5.75 Å². The number of para-hydroxylation sites is 1. The van der Waals surface area contributed by atoms with Crippen LogP contribution in [-0.2, 0) is 14.9 Å². The Balaban J connectivity index is 2.54. The van der Waals surface area contributed by atoms with Crippen molar-refractivity contribution in [2.75, 3.05) is 13.7 Å². The highest BCUT2D eigenvalue weighted by atomic mass is 16.5. The lowest BCUT2D eigenvalue weighted by atomic mass is 9.63. The number of nitrogens with two attached hydrogens (primary N) is 1. The average molecular weight is 263 g/mol. The van der Waals surface area contributed by atoms with Crippen molar-refractivity contribution in [2.24, 2.45) is 11.7 Å². The Morgan fingerprint density at radius 3 is 2.89 bits per heavy atom. The first-order valence-electron chi connectivity index (χ1n) is 6.57. The van der Waals surface area contributed by atoms with Crippen molar-refractivity contribution in [3.05, 3.63) is 29.8 Å². The zero-order valence-corrected chi connectivity index (χ0v) is 11.7. The molecule has 0 amide bonds. The lowest BCUT2D eigenvalue weighted by Crippen LogP contribution is -2.53. The van der Waals surface area contributed by atoms with Crippen LogP contribution in [0.25, 0.3) is 0 Å². The maximum Gasteiger partial charge on any atom is 0.306 e. The zero-order valence-electron chi connectivity index (χ0n) is 11.7. The van der Waals surface area contributed by atoms with Gasteiger partial charge in [0.05, 0.1) is 20.1 Å². The van der Waals surface area contributed by atoms with Gasteiger partial charge in [0.2, 0.25) is 0 Å². The van der Waals surface area contributed by atoms with Gasteiger partial charge in [0, 0.05) is 22.9 Å². The zero-order chi connectivity index (χ0) is 14.0. The summed E-state index contributed by atoms with van der Waals surface area (Å²) in [5.41, 5.74) is 6.83. The molecule has 1 aliphatic rings. The molecule has 104 valence electrons. The summed E-state index contributed by atoms with van der Waals surface area (Å²) in [6.45, 7) is 4.58. The van der Waals surface area contributed by atoms with Crippen LogP contribution in [0.5, 0.6) is 5.75 Å². The van der Waals surface area contributed by atoms with Crippen LogP contribution in [0, 0.1) is 5.92 Å². The highest BCUT2D eigenvalue weighted by Crippen LogP contribution is 2.46. The lowest BCUT2D eigenvalue weighted by molar-refractivity contribution is -0.143. The van der Waals surface area contributed by atoms with E-state index in [9.17, 15) is 4.79 Å². The van der Waals surface area contributed by atoms with E-state index in [-0.39, 0.29) is 24.3 Å². The number of rotatable bonds is 3. The van der Waals surface area contributed by atoms with Gasteiger partial charge in [0.25, 0.3) is 0 Å². The molecule has 2 N–H and O–H groups in total. The van der Waals surface area contributed by atoms with E-state index in [4.69, 9.17) is 15.2 Å². The smallest absolute Gasteiger partial charge is 0.306 e. The van der Waals surface area contributed by atoms with Gasteiger partial charge in [-0.25, -0.2) is 0 Å². The fourth-order valence-electron chi connectivity index (χ4n) is 3.04. The van der Waals surface area contributed by atoms with Crippen LogP contribution >= 0.6 is 0 Å². The second-order valence-corrected chi connectivity index (χ2v) is 5.29. The SMILES string of the molecule is COC(=O)CC1(C(C)N)c2ccccc2OCC1C. The van der Waals surface area contributed by atoms with Crippen molar-refractivity contribution in [1.29, 1.82) is 0 Å². The fourth-order valence-corrected chi connectivity index (χ4v) is 3.04. The first kappa shape index (κ1) is 13.9. The summed E-state index contributed by atoms with van der Waals surface area (Å²) in [6, 6.07) is 7.65. The van der Waals surface area contributed by atoms with Gasteiger partial charge in [0.15, 0.2) is 0 Å². The van der Waals surface area contributed by atoms with E-state index in [1.807, 2.05) is 31.2 Å². The molecule has 1 heterocycles. The molecule has 1 aromatic carbocycles. The van der Waals surface area contributed by atoms with Crippen molar-refractivity contribution in [3.63, 3.8) is 0 Å². The average Bonchev–Trinajstić information content (AvgIpc) is 2.41. The highest BCUT2D eigenvalue weighted by Gasteiger charge is 2.47. The molecule has 0 aromatic heterocycles. The van der Waals surface area contributed by atoms with E-state index < -0.39 is 5.41 Å². The molecule has 0 saturated heterocycles. The number of methoxy groups -OCH3 is 1. The van der Waals surface area contributed by atoms with Crippen LogP contribution < -0.4 is 10.5 Å². The van der Waals surface area contributed by atoms with Crippen molar-refractivity contribution in [3.8, 4) is 5.75 Å². The van der Waals surface area contributed by atoms with Gasteiger partial charge < -0.3 is 15.2 Å². The summed E-state index contributed by atoms with van der Waals surface area (Å²) in [5, 5.41) is 0. The third kappa shape index (κ3) is 2.21. The summed E-state index contributed by atoms with van der Waals surface area (Å²) in [7, 11) is 1.41. The predicted octanol–water partition coefficient (Wildman–Crippen LogP) is 1.86. The maximum absolute atomic E-state index is 11.8. The van der Waals surface area contributed by atoms with Crippen LogP contribution in [0.15, 0.2) is 24.3 Å². The quantitative estimate of drug-likeness (QED) is 0.846. The van der Waals surface area contributed by atoms with Crippen molar-refractivity contribution in [1.82, 2.24) is 0 Å². The molecule has 0 radical (unpaired) electrons. The Bertz CT molecular complexity index is 472. The van der Waals surface area contributed by atoms with Crippen molar-refractivity contribution < 1.29 is 14.3 Å². The molecule has 2 rings (SSSR count). The first-order chi connectivity index (χ1) is 9.02. The number of carbonyl (C=O) groups is 1. The number of hydrogen-bond donors (Lipinski definition) is 1. The van der Waals surface area contributed by atoms with Crippen LogP contribution in [-0.4, -0.2) is 25.7 Å². The normalized spacial score (nSPS) is 27.1. The summed E-state index contributed by atoms with van der Waals surface area (Å²) < 4.78 is 10.6. The molecule has 0 saturated carbocycles. The molecule has 0 bridgehead atoms. The van der Waals surface area contributed by atoms with Gasteiger partial charge in [-0.2, -0.15) is 0 Å². The summed E-state index contributed by atoms with van der Waals surface area (Å²) in [6.07, 6.45) is 0.280. The Morgan fingerprint density at radius 1 is 1.58 bits per heavy atom. The summed E-state index contributed by atoms with van der Waals surface area (Å²) in [5.74, 6) is 0.740. The Morgan fingerprint density at radius 2 is 2.26 bits per heavy atom. The first-order valence-corrected chi connectivity index (χ1v) is 6.57. The van der Waals surface area contributed by atoms with E-state index in [1.165, 1.54) is 7.11 Å². The molecule has 19 heavy (non-hydrogen) atoms. The van der Waals surface area contributed by atoms with Gasteiger partial charge in [-0.05, 0) is 13.0 Å². The van der Waals surface area contributed by atoms with Gasteiger partial charge >= 0.3 is 5.97 Å². The van der Waals surface area contributed by atoms with Crippen LogP contribution in [0.2, 0.25) is 0 Å². The lowest BCUT2D eigenvalue weighted by Gasteiger charge is -2.45. The second kappa shape index (κ2) is 5.21. The third-order valence-electron chi connectivity index (χ3n) is 4.23. The number of ether oxygens (including phenoxy) is 2. The number of esters is 1. The van der Waals surface area contributed by atoms with Gasteiger partial charge in [-0.1, -0.05) is 25.1 Å². The third-order valence-corrected chi connectivity index (χ3v) is 4.23. The van der Waals surface area contributed by atoms with Crippen LogP contribution in [0.4, 0.5) is 0 Å². The minimum absolute atomic E-state index is 0.154. The van der Waals surface area contributed by atoms with E-state index in [0.29, 0.717) is 6.61 Å². The molecular formula is C15H21NO3. The van der Waals surface area contributed by atoms with Gasteiger partial charge in [-0.15, -0.1) is 0 Å². The van der Waals surface area contributed by atoms with E-state index in [1.54, 1.807) is 0 Å². The molecule has 0 spiro atoms. The molecule has 3 atom stereocenters. The van der Waals surface area contributed by atoms with Crippen LogP contribution in [0.3, 0.4) is 0 Å². The van der Waals surface area contributed by atoms with Crippen molar-refractivity contribution in [2.45, 2.75) is 31.7 Å². The minimum atomic E-state index is -0.429. The molecule has 0 aliphatic carbocycles. The molecule has 1 aromatic rings. The standard InChI is InChI=1S/C15H21NO3/c1-10-9-19-13-7-5-4-6-12(13)15(10,11(2)16)8-14(17)18-3/h4-7,10-11H,8-9,16H2,1-3H3. The maximum atomic E-state index is 11.8. The molecule has 0 fully saturated rings. The Labute approximate surface area is 113 Å².